The predicted octanol–water partition coefficient (Wildman–Crippen LogP) is 7.10. The van der Waals surface area contributed by atoms with Crippen molar-refractivity contribution in [2.75, 3.05) is 6.61 Å². The zero-order valence-corrected chi connectivity index (χ0v) is 18.9. The number of fused-ring (bicyclic) bond motifs is 1. The minimum absolute atomic E-state index is 0.00158. The fourth-order valence-electron chi connectivity index (χ4n) is 4.09. The molecular formula is C29H24F3NO. The zero-order valence-electron chi connectivity index (χ0n) is 18.9. The quantitative estimate of drug-likeness (QED) is 0.282. The molecule has 4 rings (SSSR count). The van der Waals surface area contributed by atoms with E-state index >= 15 is 4.39 Å². The van der Waals surface area contributed by atoms with Crippen molar-refractivity contribution < 1.29 is 17.9 Å². The monoisotopic (exact) mass is 459 g/mol. The summed E-state index contributed by atoms with van der Waals surface area (Å²) in [4.78, 5) is 0. The van der Waals surface area contributed by atoms with Gasteiger partial charge in [-0.25, -0.2) is 13.2 Å². The molecule has 5 heteroatoms. The van der Waals surface area contributed by atoms with Crippen LogP contribution in [0, 0.1) is 28.8 Å². The van der Waals surface area contributed by atoms with E-state index in [1.165, 1.54) is 18.2 Å². The van der Waals surface area contributed by atoms with Gasteiger partial charge in [-0.05, 0) is 78.4 Å². The van der Waals surface area contributed by atoms with E-state index < -0.39 is 5.82 Å². The van der Waals surface area contributed by atoms with E-state index in [1.807, 2.05) is 25.1 Å². The maximum Gasteiger partial charge on any atom is 0.141 e. The van der Waals surface area contributed by atoms with Crippen LogP contribution in [0.5, 0.6) is 5.75 Å². The first-order valence-corrected chi connectivity index (χ1v) is 11.3. The Hall–Kier alpha value is -3.78. The fourth-order valence-corrected chi connectivity index (χ4v) is 4.09. The maximum absolute atomic E-state index is 15.1. The van der Waals surface area contributed by atoms with Crippen LogP contribution in [0.1, 0.15) is 34.7 Å². The first kappa shape index (κ1) is 23.4. The predicted molar refractivity (Wildman–Crippen MR) is 127 cm³/mol. The Morgan fingerprint density at radius 2 is 1.44 bits per heavy atom. The Morgan fingerprint density at radius 3 is 2.15 bits per heavy atom. The van der Waals surface area contributed by atoms with Crippen molar-refractivity contribution in [3.8, 4) is 11.8 Å². The summed E-state index contributed by atoms with van der Waals surface area (Å²) in [6.45, 7) is 2.34. The molecule has 0 N–H and O–H groups in total. The van der Waals surface area contributed by atoms with Crippen LogP contribution in [0.4, 0.5) is 13.2 Å². The van der Waals surface area contributed by atoms with Crippen molar-refractivity contribution in [2.45, 2.75) is 32.6 Å². The molecule has 0 aliphatic carbocycles. The normalized spacial score (nSPS) is 10.9. The van der Waals surface area contributed by atoms with Gasteiger partial charge in [0, 0.05) is 11.5 Å². The summed E-state index contributed by atoms with van der Waals surface area (Å²) < 4.78 is 48.6. The summed E-state index contributed by atoms with van der Waals surface area (Å²) >= 11 is 0. The molecule has 0 radical (unpaired) electrons. The molecule has 172 valence electrons. The maximum atomic E-state index is 15.1. The Morgan fingerprint density at radius 1 is 0.735 bits per heavy atom. The SMILES string of the molecule is CCOc1ccc(CCc2ccc3c(F)c(CCc4ccc(C#N)c(F)c4)ccc3c2)c(F)c1. The number of benzene rings is 4. The van der Waals surface area contributed by atoms with Gasteiger partial charge in [-0.2, -0.15) is 5.26 Å². The lowest BCUT2D eigenvalue weighted by molar-refractivity contribution is 0.338. The van der Waals surface area contributed by atoms with Crippen LogP contribution in [0.15, 0.2) is 66.7 Å². The van der Waals surface area contributed by atoms with E-state index in [0.717, 1.165) is 10.9 Å². The Kier molecular flexibility index (Phi) is 7.18. The lowest BCUT2D eigenvalue weighted by Crippen LogP contribution is -1.99. The number of hydrogen-bond donors (Lipinski definition) is 0. The van der Waals surface area contributed by atoms with Crippen LogP contribution in [0.3, 0.4) is 0 Å². The summed E-state index contributed by atoms with van der Waals surface area (Å²) in [7, 11) is 0. The van der Waals surface area contributed by atoms with Crippen LogP contribution in [0.2, 0.25) is 0 Å². The standard InChI is InChI=1S/C29H24F3NO/c1-2-34-25-13-12-21(28(31)17-25)7-3-19-6-14-26-23(15-19)11-10-22(29(26)32)8-4-20-5-9-24(18-33)27(30)16-20/h5-6,9-17H,2-4,7-8H2,1H3. The Balaban J connectivity index is 1.45. The second-order valence-electron chi connectivity index (χ2n) is 8.21. The average Bonchev–Trinajstić information content (AvgIpc) is 2.83. The second kappa shape index (κ2) is 10.4. The molecule has 0 saturated heterocycles. The molecule has 0 heterocycles. The van der Waals surface area contributed by atoms with Crippen molar-refractivity contribution in [2.24, 2.45) is 0 Å². The number of hydrogen-bond acceptors (Lipinski definition) is 2. The highest BCUT2D eigenvalue weighted by atomic mass is 19.1. The van der Waals surface area contributed by atoms with Crippen molar-refractivity contribution in [1.82, 2.24) is 0 Å². The van der Waals surface area contributed by atoms with E-state index in [1.54, 1.807) is 36.4 Å². The molecule has 0 spiro atoms. The largest absolute Gasteiger partial charge is 0.494 e. The average molecular weight is 460 g/mol. The molecule has 0 amide bonds. The number of rotatable bonds is 8. The Labute approximate surface area is 197 Å². The van der Waals surface area contributed by atoms with Gasteiger partial charge in [-0.3, -0.25) is 0 Å². The van der Waals surface area contributed by atoms with E-state index in [9.17, 15) is 8.78 Å². The van der Waals surface area contributed by atoms with Crippen LogP contribution in [-0.2, 0) is 25.7 Å². The van der Waals surface area contributed by atoms with E-state index in [0.29, 0.717) is 60.1 Å². The van der Waals surface area contributed by atoms with Crippen LogP contribution < -0.4 is 4.74 Å². The molecule has 4 aromatic rings. The van der Waals surface area contributed by atoms with Gasteiger partial charge in [-0.1, -0.05) is 42.5 Å². The summed E-state index contributed by atoms with van der Waals surface area (Å²) in [5.74, 6) is -0.609. The first-order chi connectivity index (χ1) is 16.5. The molecular weight excluding hydrogens is 435 g/mol. The number of nitriles is 1. The van der Waals surface area contributed by atoms with Gasteiger partial charge < -0.3 is 4.74 Å². The van der Waals surface area contributed by atoms with Gasteiger partial charge >= 0.3 is 0 Å². The van der Waals surface area contributed by atoms with Gasteiger partial charge in [0.1, 0.15) is 29.3 Å². The molecule has 0 saturated carbocycles. The molecule has 34 heavy (non-hydrogen) atoms. The van der Waals surface area contributed by atoms with Gasteiger partial charge in [0.2, 0.25) is 0 Å². The van der Waals surface area contributed by atoms with E-state index in [4.69, 9.17) is 10.00 Å². The third-order valence-electron chi connectivity index (χ3n) is 5.95. The molecule has 0 aliphatic heterocycles. The topological polar surface area (TPSA) is 33.0 Å². The molecule has 0 unspecified atom stereocenters. The smallest absolute Gasteiger partial charge is 0.141 e. The molecule has 0 aliphatic rings. The third-order valence-corrected chi connectivity index (χ3v) is 5.95. The summed E-state index contributed by atoms with van der Waals surface area (Å²) in [6.07, 6.45) is 2.06. The highest BCUT2D eigenvalue weighted by Gasteiger charge is 2.11. The lowest BCUT2D eigenvalue weighted by Gasteiger charge is -2.10. The van der Waals surface area contributed by atoms with Crippen molar-refractivity contribution in [1.29, 1.82) is 5.26 Å². The van der Waals surface area contributed by atoms with Gasteiger partial charge in [0.05, 0.1) is 12.2 Å². The summed E-state index contributed by atoms with van der Waals surface area (Å²) in [6, 6.07) is 20.4. The summed E-state index contributed by atoms with van der Waals surface area (Å²) in [5.41, 5.74) is 2.89. The third kappa shape index (κ3) is 5.23. The van der Waals surface area contributed by atoms with Crippen LogP contribution >= 0.6 is 0 Å². The molecule has 2 nitrogen and oxygen atoms in total. The van der Waals surface area contributed by atoms with Crippen molar-refractivity contribution in [3.63, 3.8) is 0 Å². The Bertz CT molecular complexity index is 1370. The molecule has 0 aromatic heterocycles. The number of halogens is 3. The van der Waals surface area contributed by atoms with Gasteiger partial charge in [0.15, 0.2) is 0 Å². The molecule has 4 aromatic carbocycles. The highest BCUT2D eigenvalue weighted by Crippen LogP contribution is 2.25. The molecule has 0 fully saturated rings. The van der Waals surface area contributed by atoms with Crippen LogP contribution in [-0.4, -0.2) is 6.61 Å². The number of aryl methyl sites for hydroxylation is 4. The fraction of sp³-hybridized carbons (Fsp3) is 0.207. The first-order valence-electron chi connectivity index (χ1n) is 11.3. The van der Waals surface area contributed by atoms with E-state index in [2.05, 4.69) is 0 Å². The number of nitrogens with zero attached hydrogens (tertiary/aromatic N) is 1. The summed E-state index contributed by atoms with van der Waals surface area (Å²) in [5, 5.41) is 10.2. The molecule has 0 bridgehead atoms. The van der Waals surface area contributed by atoms with Crippen molar-refractivity contribution in [3.05, 3.63) is 112 Å². The molecule has 0 atom stereocenters. The highest BCUT2D eigenvalue weighted by molar-refractivity contribution is 5.84. The van der Waals surface area contributed by atoms with Gasteiger partial charge in [-0.15, -0.1) is 0 Å². The van der Waals surface area contributed by atoms with Crippen molar-refractivity contribution >= 4 is 10.8 Å². The van der Waals surface area contributed by atoms with Gasteiger partial charge in [0.25, 0.3) is 0 Å². The van der Waals surface area contributed by atoms with Crippen LogP contribution in [0.25, 0.3) is 10.8 Å². The lowest BCUT2D eigenvalue weighted by atomic mass is 9.97. The number of ether oxygens (including phenoxy) is 1. The zero-order chi connectivity index (χ0) is 24.1. The minimum Gasteiger partial charge on any atom is -0.494 e. The second-order valence-corrected chi connectivity index (χ2v) is 8.21. The van der Waals surface area contributed by atoms with E-state index in [-0.39, 0.29) is 17.2 Å². The minimum atomic E-state index is -0.559.